The first-order chi connectivity index (χ1) is 12.8. The maximum Gasteiger partial charge on any atom is 0.340 e. The van der Waals surface area contributed by atoms with Crippen LogP contribution in [0.25, 0.3) is 0 Å². The standard InChI is InChI=1S/C18H23N3O5S/c1-11(2)20-15(22)10-27-14-7-5-4-6-13(14)17(24)26-12(3)16(23)21-9-8-19-18(21)25/h4-7,11-12H,8-10H2,1-3H3,(H,19,25)(H,20,22)/t12-/m1/s1. The molecular formula is C18H23N3O5S. The Hall–Kier alpha value is -2.55. The summed E-state index contributed by atoms with van der Waals surface area (Å²) in [6.07, 6.45) is -1.09. The number of hydrogen-bond acceptors (Lipinski definition) is 6. The lowest BCUT2D eigenvalue weighted by molar-refractivity contribution is -0.136. The molecule has 0 spiro atoms. The average molecular weight is 393 g/mol. The molecule has 1 aliphatic heterocycles. The van der Waals surface area contributed by atoms with Crippen LogP contribution in [0.5, 0.6) is 0 Å². The number of imide groups is 1. The summed E-state index contributed by atoms with van der Waals surface area (Å²) in [6.45, 7) is 5.79. The van der Waals surface area contributed by atoms with Gasteiger partial charge >= 0.3 is 12.0 Å². The lowest BCUT2D eigenvalue weighted by Crippen LogP contribution is -2.41. The zero-order valence-electron chi connectivity index (χ0n) is 15.5. The number of hydrogen-bond donors (Lipinski definition) is 2. The van der Waals surface area contributed by atoms with Gasteiger partial charge in [0, 0.05) is 24.0 Å². The maximum absolute atomic E-state index is 12.5. The van der Waals surface area contributed by atoms with Gasteiger partial charge in [0.2, 0.25) is 5.91 Å². The monoisotopic (exact) mass is 393 g/mol. The van der Waals surface area contributed by atoms with Gasteiger partial charge in [-0.3, -0.25) is 14.5 Å². The van der Waals surface area contributed by atoms with Crippen LogP contribution in [0.3, 0.4) is 0 Å². The SMILES string of the molecule is CC(C)NC(=O)CSc1ccccc1C(=O)O[C@H](C)C(=O)N1CCNC1=O. The zero-order valence-corrected chi connectivity index (χ0v) is 16.3. The molecule has 1 saturated heterocycles. The van der Waals surface area contributed by atoms with Gasteiger partial charge in [0.25, 0.3) is 5.91 Å². The third-order valence-corrected chi connectivity index (χ3v) is 4.74. The molecule has 1 aromatic carbocycles. The van der Waals surface area contributed by atoms with Crippen molar-refractivity contribution in [2.75, 3.05) is 18.8 Å². The van der Waals surface area contributed by atoms with Gasteiger partial charge in [-0.1, -0.05) is 12.1 Å². The van der Waals surface area contributed by atoms with Crippen molar-refractivity contribution in [1.82, 2.24) is 15.5 Å². The summed E-state index contributed by atoms with van der Waals surface area (Å²) in [5.74, 6) is -1.23. The molecule has 27 heavy (non-hydrogen) atoms. The van der Waals surface area contributed by atoms with Crippen molar-refractivity contribution in [3.63, 3.8) is 0 Å². The van der Waals surface area contributed by atoms with Crippen LogP contribution in [-0.4, -0.2) is 59.7 Å². The largest absolute Gasteiger partial charge is 0.449 e. The van der Waals surface area contributed by atoms with Gasteiger partial charge in [0.1, 0.15) is 0 Å². The molecular weight excluding hydrogens is 370 g/mol. The lowest BCUT2D eigenvalue weighted by Gasteiger charge is -2.18. The van der Waals surface area contributed by atoms with E-state index < -0.39 is 24.0 Å². The Morgan fingerprint density at radius 1 is 1.26 bits per heavy atom. The number of carbonyl (C=O) groups excluding carboxylic acids is 4. The van der Waals surface area contributed by atoms with E-state index in [-0.39, 0.29) is 29.8 Å². The Bertz CT molecular complexity index is 737. The van der Waals surface area contributed by atoms with Gasteiger partial charge in [-0.2, -0.15) is 0 Å². The summed E-state index contributed by atoms with van der Waals surface area (Å²) >= 11 is 1.21. The number of rotatable bonds is 7. The lowest BCUT2D eigenvalue weighted by atomic mass is 10.2. The fourth-order valence-corrected chi connectivity index (χ4v) is 3.30. The Balaban J connectivity index is 2.00. The first-order valence-electron chi connectivity index (χ1n) is 8.61. The van der Waals surface area contributed by atoms with Crippen molar-refractivity contribution in [2.45, 2.75) is 37.8 Å². The third-order valence-electron chi connectivity index (χ3n) is 3.67. The number of ether oxygens (including phenoxy) is 1. The van der Waals surface area contributed by atoms with E-state index in [1.54, 1.807) is 24.3 Å². The number of benzene rings is 1. The van der Waals surface area contributed by atoms with E-state index in [2.05, 4.69) is 10.6 Å². The molecule has 2 rings (SSSR count). The van der Waals surface area contributed by atoms with Crippen LogP contribution in [0.1, 0.15) is 31.1 Å². The first-order valence-corrected chi connectivity index (χ1v) is 9.59. The average Bonchev–Trinajstić information content (AvgIpc) is 3.04. The highest BCUT2D eigenvalue weighted by Gasteiger charge is 2.32. The second-order valence-electron chi connectivity index (χ2n) is 6.28. The minimum absolute atomic E-state index is 0.0351. The fraction of sp³-hybridized carbons (Fsp3) is 0.444. The molecule has 0 aromatic heterocycles. The number of carbonyl (C=O) groups is 4. The number of thioether (sulfide) groups is 1. The second kappa shape index (κ2) is 9.40. The van der Waals surface area contributed by atoms with Gasteiger partial charge in [0.15, 0.2) is 6.10 Å². The van der Waals surface area contributed by atoms with Crippen molar-refractivity contribution in [2.24, 2.45) is 0 Å². The molecule has 1 aromatic rings. The number of amides is 4. The molecule has 1 fully saturated rings. The van der Waals surface area contributed by atoms with Crippen LogP contribution in [0.4, 0.5) is 4.79 Å². The predicted octanol–water partition coefficient (Wildman–Crippen LogP) is 1.40. The van der Waals surface area contributed by atoms with Crippen LogP contribution in [0, 0.1) is 0 Å². The molecule has 8 nitrogen and oxygen atoms in total. The van der Waals surface area contributed by atoms with Crippen molar-refractivity contribution >= 4 is 35.6 Å². The van der Waals surface area contributed by atoms with Gasteiger partial charge in [-0.15, -0.1) is 11.8 Å². The molecule has 146 valence electrons. The van der Waals surface area contributed by atoms with Crippen molar-refractivity contribution < 1.29 is 23.9 Å². The summed E-state index contributed by atoms with van der Waals surface area (Å²) < 4.78 is 5.25. The fourth-order valence-electron chi connectivity index (χ4n) is 2.44. The second-order valence-corrected chi connectivity index (χ2v) is 7.29. The maximum atomic E-state index is 12.5. The smallest absolute Gasteiger partial charge is 0.340 e. The topological polar surface area (TPSA) is 105 Å². The van der Waals surface area contributed by atoms with E-state index in [9.17, 15) is 19.2 Å². The van der Waals surface area contributed by atoms with Crippen molar-refractivity contribution in [1.29, 1.82) is 0 Å². The molecule has 9 heteroatoms. The highest BCUT2D eigenvalue weighted by atomic mass is 32.2. The van der Waals surface area contributed by atoms with Crippen LogP contribution in [0.2, 0.25) is 0 Å². The Morgan fingerprint density at radius 3 is 2.59 bits per heavy atom. The van der Waals surface area contributed by atoms with E-state index in [0.29, 0.717) is 11.4 Å². The highest BCUT2D eigenvalue weighted by molar-refractivity contribution is 8.00. The molecule has 1 heterocycles. The van der Waals surface area contributed by atoms with Gasteiger partial charge in [0.05, 0.1) is 11.3 Å². The predicted molar refractivity (Wildman–Crippen MR) is 100 cm³/mol. The van der Waals surface area contributed by atoms with Crippen LogP contribution < -0.4 is 10.6 Å². The van der Waals surface area contributed by atoms with Crippen LogP contribution in [0.15, 0.2) is 29.2 Å². The zero-order chi connectivity index (χ0) is 20.0. The highest BCUT2D eigenvalue weighted by Crippen LogP contribution is 2.23. The summed E-state index contributed by atoms with van der Waals surface area (Å²) in [5, 5.41) is 5.30. The van der Waals surface area contributed by atoms with E-state index in [1.807, 2.05) is 13.8 Å². The van der Waals surface area contributed by atoms with Crippen LogP contribution >= 0.6 is 11.8 Å². The summed E-state index contributed by atoms with van der Waals surface area (Å²) in [7, 11) is 0. The quantitative estimate of drug-likeness (QED) is 0.536. The molecule has 1 aliphatic rings. The third kappa shape index (κ3) is 5.72. The molecule has 0 radical (unpaired) electrons. The van der Waals surface area contributed by atoms with Gasteiger partial charge < -0.3 is 15.4 Å². The number of nitrogens with one attached hydrogen (secondary N) is 2. The van der Waals surface area contributed by atoms with E-state index in [0.717, 1.165) is 4.90 Å². The molecule has 0 unspecified atom stereocenters. The van der Waals surface area contributed by atoms with Gasteiger partial charge in [-0.25, -0.2) is 9.59 Å². The van der Waals surface area contributed by atoms with Crippen LogP contribution in [-0.2, 0) is 14.3 Å². The number of nitrogens with zero attached hydrogens (tertiary/aromatic N) is 1. The molecule has 0 aliphatic carbocycles. The van der Waals surface area contributed by atoms with E-state index >= 15 is 0 Å². The summed E-state index contributed by atoms with van der Waals surface area (Å²) in [6, 6.07) is 6.26. The first kappa shape index (κ1) is 20.8. The molecule has 1 atom stereocenters. The summed E-state index contributed by atoms with van der Waals surface area (Å²) in [4.78, 5) is 49.7. The Labute approximate surface area is 162 Å². The normalized spacial score (nSPS) is 14.7. The minimum Gasteiger partial charge on any atom is -0.449 e. The minimum atomic E-state index is -1.09. The molecule has 0 saturated carbocycles. The Morgan fingerprint density at radius 2 is 1.96 bits per heavy atom. The number of esters is 1. The Kier molecular flexibility index (Phi) is 7.23. The van der Waals surface area contributed by atoms with E-state index in [4.69, 9.17) is 4.74 Å². The molecule has 0 bridgehead atoms. The molecule has 2 N–H and O–H groups in total. The van der Waals surface area contributed by atoms with Crippen molar-refractivity contribution in [3.05, 3.63) is 29.8 Å². The summed E-state index contributed by atoms with van der Waals surface area (Å²) in [5.41, 5.74) is 0.269. The molecule has 4 amide bonds. The van der Waals surface area contributed by atoms with E-state index in [1.165, 1.54) is 18.7 Å². The number of urea groups is 1. The van der Waals surface area contributed by atoms with Crippen molar-refractivity contribution in [3.8, 4) is 0 Å². The van der Waals surface area contributed by atoms with Gasteiger partial charge in [-0.05, 0) is 32.9 Å².